The van der Waals surface area contributed by atoms with E-state index >= 15 is 0 Å². The van der Waals surface area contributed by atoms with Crippen LogP contribution in [0.25, 0.3) is 10.9 Å². The Labute approximate surface area is 107 Å². The SMILES string of the molecule is O=C(Nc1cccc2[nH]ncc12)c1ccc(F)nc1. The van der Waals surface area contributed by atoms with Gasteiger partial charge in [-0.1, -0.05) is 6.07 Å². The molecule has 0 saturated heterocycles. The Kier molecular flexibility index (Phi) is 2.68. The molecule has 0 bridgehead atoms. The lowest BCUT2D eigenvalue weighted by Gasteiger charge is -2.05. The number of aromatic amines is 1. The van der Waals surface area contributed by atoms with Gasteiger partial charge in [-0.15, -0.1) is 0 Å². The minimum atomic E-state index is -0.617. The summed E-state index contributed by atoms with van der Waals surface area (Å²) >= 11 is 0. The normalized spacial score (nSPS) is 10.6. The van der Waals surface area contributed by atoms with Gasteiger partial charge < -0.3 is 5.32 Å². The largest absolute Gasteiger partial charge is 0.321 e. The number of anilines is 1. The van der Waals surface area contributed by atoms with Crippen molar-refractivity contribution < 1.29 is 9.18 Å². The number of carbonyl (C=O) groups excluding carboxylic acids is 1. The van der Waals surface area contributed by atoms with E-state index in [1.807, 2.05) is 6.07 Å². The van der Waals surface area contributed by atoms with Crippen molar-refractivity contribution in [2.75, 3.05) is 5.32 Å². The molecule has 0 aliphatic rings. The third-order valence-corrected chi connectivity index (χ3v) is 2.72. The molecule has 1 amide bonds. The predicted molar refractivity (Wildman–Crippen MR) is 68.2 cm³/mol. The second-order valence-corrected chi connectivity index (χ2v) is 3.96. The average Bonchev–Trinajstić information content (AvgIpc) is 2.89. The van der Waals surface area contributed by atoms with Gasteiger partial charge in [0, 0.05) is 11.6 Å². The van der Waals surface area contributed by atoms with Crippen LogP contribution in [0.15, 0.2) is 42.7 Å². The number of amides is 1. The summed E-state index contributed by atoms with van der Waals surface area (Å²) in [4.78, 5) is 15.4. The Morgan fingerprint density at radius 2 is 2.11 bits per heavy atom. The Hall–Kier alpha value is -2.76. The van der Waals surface area contributed by atoms with E-state index in [-0.39, 0.29) is 5.91 Å². The highest BCUT2D eigenvalue weighted by molar-refractivity contribution is 6.08. The molecule has 3 aromatic rings. The number of hydrogen-bond donors (Lipinski definition) is 2. The van der Waals surface area contributed by atoms with Crippen molar-refractivity contribution in [2.45, 2.75) is 0 Å². The van der Waals surface area contributed by atoms with E-state index in [0.29, 0.717) is 11.3 Å². The van der Waals surface area contributed by atoms with Crippen LogP contribution in [0, 0.1) is 5.95 Å². The fourth-order valence-electron chi connectivity index (χ4n) is 1.78. The van der Waals surface area contributed by atoms with E-state index in [2.05, 4.69) is 20.5 Å². The molecule has 0 radical (unpaired) electrons. The van der Waals surface area contributed by atoms with Gasteiger partial charge in [0.15, 0.2) is 0 Å². The lowest BCUT2D eigenvalue weighted by atomic mass is 10.2. The number of fused-ring (bicyclic) bond motifs is 1. The molecule has 5 nitrogen and oxygen atoms in total. The number of carbonyl (C=O) groups is 1. The smallest absolute Gasteiger partial charge is 0.257 e. The van der Waals surface area contributed by atoms with Crippen molar-refractivity contribution in [1.82, 2.24) is 15.2 Å². The quantitative estimate of drug-likeness (QED) is 0.691. The lowest BCUT2D eigenvalue weighted by Crippen LogP contribution is -2.12. The highest BCUT2D eigenvalue weighted by Gasteiger charge is 2.09. The van der Waals surface area contributed by atoms with Crippen LogP contribution in [0.4, 0.5) is 10.1 Å². The molecule has 0 aliphatic carbocycles. The minimum absolute atomic E-state index is 0.293. The molecule has 6 heteroatoms. The molecular formula is C13H9FN4O. The maximum atomic E-state index is 12.7. The zero-order valence-corrected chi connectivity index (χ0v) is 9.72. The van der Waals surface area contributed by atoms with Crippen molar-refractivity contribution in [1.29, 1.82) is 0 Å². The van der Waals surface area contributed by atoms with Crippen LogP contribution in [0.5, 0.6) is 0 Å². The van der Waals surface area contributed by atoms with Gasteiger partial charge in [-0.3, -0.25) is 9.89 Å². The summed E-state index contributed by atoms with van der Waals surface area (Å²) in [6.07, 6.45) is 2.83. The fourth-order valence-corrected chi connectivity index (χ4v) is 1.78. The molecular weight excluding hydrogens is 247 g/mol. The number of benzene rings is 1. The topological polar surface area (TPSA) is 70.7 Å². The molecule has 0 aliphatic heterocycles. The van der Waals surface area contributed by atoms with Crippen LogP contribution in [-0.2, 0) is 0 Å². The summed E-state index contributed by atoms with van der Waals surface area (Å²) in [7, 11) is 0. The summed E-state index contributed by atoms with van der Waals surface area (Å²) in [5.41, 5.74) is 1.76. The van der Waals surface area contributed by atoms with Gasteiger partial charge in [0.1, 0.15) is 0 Å². The van der Waals surface area contributed by atoms with Crippen molar-refractivity contribution in [2.24, 2.45) is 0 Å². The molecule has 0 fully saturated rings. The Balaban J connectivity index is 1.90. The first-order chi connectivity index (χ1) is 9.24. The molecule has 2 aromatic heterocycles. The molecule has 0 spiro atoms. The van der Waals surface area contributed by atoms with E-state index in [9.17, 15) is 9.18 Å². The molecule has 0 saturated carbocycles. The molecule has 3 rings (SSSR count). The standard InChI is InChI=1S/C13H9FN4O/c14-12-5-4-8(6-15-12)13(19)17-10-2-1-3-11-9(10)7-16-18-11/h1-7H,(H,16,18)(H,17,19). The molecule has 94 valence electrons. The summed E-state index contributed by atoms with van der Waals surface area (Å²) < 4.78 is 12.7. The molecule has 2 N–H and O–H groups in total. The summed E-state index contributed by atoms with van der Waals surface area (Å²) in [5, 5.41) is 10.3. The van der Waals surface area contributed by atoms with Crippen LogP contribution in [-0.4, -0.2) is 21.1 Å². The van der Waals surface area contributed by atoms with E-state index in [1.165, 1.54) is 12.3 Å². The van der Waals surface area contributed by atoms with Gasteiger partial charge in [0.25, 0.3) is 5.91 Å². The van der Waals surface area contributed by atoms with E-state index in [1.54, 1.807) is 18.3 Å². The minimum Gasteiger partial charge on any atom is -0.321 e. The van der Waals surface area contributed by atoms with Crippen LogP contribution >= 0.6 is 0 Å². The number of nitrogens with one attached hydrogen (secondary N) is 2. The van der Waals surface area contributed by atoms with Crippen molar-refractivity contribution in [3.8, 4) is 0 Å². The van der Waals surface area contributed by atoms with Gasteiger partial charge in [0.05, 0.1) is 23.0 Å². The molecule has 0 atom stereocenters. The van der Waals surface area contributed by atoms with Crippen molar-refractivity contribution in [3.63, 3.8) is 0 Å². The summed E-state index contributed by atoms with van der Waals surface area (Å²) in [6, 6.07) is 7.96. The third kappa shape index (κ3) is 2.15. The van der Waals surface area contributed by atoms with Gasteiger partial charge in [-0.2, -0.15) is 9.49 Å². The van der Waals surface area contributed by atoms with Crippen LogP contribution in [0.1, 0.15) is 10.4 Å². The first-order valence-electron chi connectivity index (χ1n) is 5.59. The number of H-pyrrole nitrogens is 1. The molecule has 0 unspecified atom stereocenters. The Morgan fingerprint density at radius 1 is 1.21 bits per heavy atom. The van der Waals surface area contributed by atoms with Gasteiger partial charge >= 0.3 is 0 Å². The fraction of sp³-hybridized carbons (Fsp3) is 0. The average molecular weight is 256 g/mol. The number of pyridine rings is 1. The van der Waals surface area contributed by atoms with Gasteiger partial charge in [-0.25, -0.2) is 4.98 Å². The number of nitrogens with zero attached hydrogens (tertiary/aromatic N) is 2. The first kappa shape index (κ1) is 11.3. The van der Waals surface area contributed by atoms with Gasteiger partial charge in [0.2, 0.25) is 5.95 Å². The van der Waals surface area contributed by atoms with Crippen LogP contribution in [0.3, 0.4) is 0 Å². The van der Waals surface area contributed by atoms with E-state index in [4.69, 9.17) is 0 Å². The van der Waals surface area contributed by atoms with Crippen LogP contribution in [0.2, 0.25) is 0 Å². The molecule has 19 heavy (non-hydrogen) atoms. The van der Waals surface area contributed by atoms with E-state index in [0.717, 1.165) is 17.0 Å². The van der Waals surface area contributed by atoms with Crippen LogP contribution < -0.4 is 5.32 Å². The lowest BCUT2D eigenvalue weighted by molar-refractivity contribution is 0.102. The number of rotatable bonds is 2. The van der Waals surface area contributed by atoms with E-state index < -0.39 is 5.95 Å². The Bertz CT molecular complexity index is 736. The Morgan fingerprint density at radius 3 is 2.89 bits per heavy atom. The second-order valence-electron chi connectivity index (χ2n) is 3.96. The zero-order valence-electron chi connectivity index (χ0n) is 9.72. The highest BCUT2D eigenvalue weighted by Crippen LogP contribution is 2.21. The predicted octanol–water partition coefficient (Wildman–Crippen LogP) is 2.35. The van der Waals surface area contributed by atoms with Gasteiger partial charge in [-0.05, 0) is 24.3 Å². The third-order valence-electron chi connectivity index (χ3n) is 2.72. The number of hydrogen-bond acceptors (Lipinski definition) is 3. The number of aromatic nitrogens is 3. The monoisotopic (exact) mass is 256 g/mol. The highest BCUT2D eigenvalue weighted by atomic mass is 19.1. The maximum absolute atomic E-state index is 12.7. The summed E-state index contributed by atoms with van der Waals surface area (Å²) in [5.74, 6) is -0.963. The summed E-state index contributed by atoms with van der Waals surface area (Å²) in [6.45, 7) is 0. The maximum Gasteiger partial charge on any atom is 0.257 e. The van der Waals surface area contributed by atoms with Crippen molar-refractivity contribution in [3.05, 3.63) is 54.2 Å². The molecule has 1 aromatic carbocycles. The first-order valence-corrected chi connectivity index (χ1v) is 5.59. The molecule has 2 heterocycles. The second kappa shape index (κ2) is 4.49. The van der Waals surface area contributed by atoms with Crippen molar-refractivity contribution >= 4 is 22.5 Å². The number of halogens is 1. The zero-order chi connectivity index (χ0) is 13.2.